The molecule has 2 N–H and O–H groups in total. The predicted octanol–water partition coefficient (Wildman–Crippen LogP) is 3.73. The zero-order valence-corrected chi connectivity index (χ0v) is 20.7. The molecule has 3 aliphatic heterocycles. The fourth-order valence-corrected chi connectivity index (χ4v) is 5.42. The average Bonchev–Trinajstić information content (AvgIpc) is 3.46. The lowest BCUT2D eigenvalue weighted by atomic mass is 9.81. The number of halogens is 3. The molecule has 3 aliphatic rings. The van der Waals surface area contributed by atoms with Crippen molar-refractivity contribution in [3.63, 3.8) is 0 Å². The number of alkyl halides is 3. The molecule has 0 radical (unpaired) electrons. The molecule has 3 saturated heterocycles. The van der Waals surface area contributed by atoms with Crippen molar-refractivity contribution in [3.05, 3.63) is 24.0 Å². The Hall–Kier alpha value is -2.76. The van der Waals surface area contributed by atoms with Gasteiger partial charge in [0, 0.05) is 58.3 Å². The summed E-state index contributed by atoms with van der Waals surface area (Å²) < 4.78 is 37.7. The Balaban J connectivity index is 0.000000454. The van der Waals surface area contributed by atoms with Crippen molar-refractivity contribution < 1.29 is 37.4 Å². The van der Waals surface area contributed by atoms with E-state index in [1.165, 1.54) is 0 Å². The topological polar surface area (TPSA) is 106 Å². The normalized spacial score (nSPS) is 22.8. The number of amides is 2. The second-order valence-electron chi connectivity index (χ2n) is 9.65. The summed E-state index contributed by atoms with van der Waals surface area (Å²) in [4.78, 5) is 43.0. The number of nitrogens with zero attached hydrogens (tertiary/aromatic N) is 3. The molecule has 12 heteroatoms. The van der Waals surface area contributed by atoms with Crippen LogP contribution >= 0.6 is 0 Å². The second kappa shape index (κ2) is 11.5. The van der Waals surface area contributed by atoms with Crippen molar-refractivity contribution in [2.75, 3.05) is 33.2 Å². The molecule has 1 atom stereocenters. The van der Waals surface area contributed by atoms with Crippen LogP contribution in [0.1, 0.15) is 62.4 Å². The first-order valence-corrected chi connectivity index (χ1v) is 12.4. The zero-order valence-electron chi connectivity index (χ0n) is 20.7. The summed E-state index contributed by atoms with van der Waals surface area (Å²) in [6, 6.07) is 4.43. The highest BCUT2D eigenvalue weighted by molar-refractivity contribution is 5.92. The first-order chi connectivity index (χ1) is 17.0. The van der Waals surface area contributed by atoms with Gasteiger partial charge in [0.2, 0.25) is 0 Å². The average molecular weight is 517 g/mol. The van der Waals surface area contributed by atoms with Crippen molar-refractivity contribution >= 4 is 18.0 Å². The molecule has 0 aromatic carbocycles. The standard InChI is InChI=1S/C22H34N4O3.C2HF3O2/c1-3-4-7-19-22(29-21(28)24(19)2)10-15-25(16-11-22)17-8-13-26(14-9-17)20(27)18-6-5-12-23-18;3-2(4,5)1(6)7/h5-6,12,17,19,23H,3-4,7-11,13-16H2,1-2H3;(H,6,7). The van der Waals surface area contributed by atoms with Gasteiger partial charge in [-0.25, -0.2) is 9.59 Å². The minimum atomic E-state index is -5.08. The minimum Gasteiger partial charge on any atom is -0.475 e. The Morgan fingerprint density at radius 1 is 1.19 bits per heavy atom. The molecule has 36 heavy (non-hydrogen) atoms. The van der Waals surface area contributed by atoms with Crippen LogP contribution in [0.3, 0.4) is 0 Å². The summed E-state index contributed by atoms with van der Waals surface area (Å²) in [6.07, 6.45) is 3.71. The summed E-state index contributed by atoms with van der Waals surface area (Å²) in [5, 5.41) is 7.12. The summed E-state index contributed by atoms with van der Waals surface area (Å²) >= 11 is 0. The molecule has 0 bridgehead atoms. The number of carbonyl (C=O) groups excluding carboxylic acids is 2. The first kappa shape index (κ1) is 27.8. The number of ether oxygens (including phenoxy) is 1. The molecule has 202 valence electrons. The molecule has 4 heterocycles. The van der Waals surface area contributed by atoms with E-state index < -0.39 is 12.1 Å². The van der Waals surface area contributed by atoms with Gasteiger partial charge in [-0.15, -0.1) is 0 Å². The van der Waals surface area contributed by atoms with E-state index in [0.29, 0.717) is 11.7 Å². The van der Waals surface area contributed by atoms with Crippen LogP contribution in [0.2, 0.25) is 0 Å². The smallest absolute Gasteiger partial charge is 0.475 e. The van der Waals surface area contributed by atoms with Crippen molar-refractivity contribution in [2.24, 2.45) is 0 Å². The van der Waals surface area contributed by atoms with E-state index >= 15 is 0 Å². The number of likely N-dealkylation sites (N-methyl/N-ethyl adjacent to an activating group) is 1. The quantitative estimate of drug-likeness (QED) is 0.618. The fraction of sp³-hybridized carbons (Fsp3) is 0.708. The van der Waals surface area contributed by atoms with E-state index in [1.807, 2.05) is 29.0 Å². The van der Waals surface area contributed by atoms with E-state index in [2.05, 4.69) is 16.8 Å². The van der Waals surface area contributed by atoms with Gasteiger partial charge in [0.05, 0.1) is 6.04 Å². The van der Waals surface area contributed by atoms with Crippen LogP contribution in [0.5, 0.6) is 0 Å². The van der Waals surface area contributed by atoms with Crippen molar-refractivity contribution in [2.45, 2.75) is 75.7 Å². The largest absolute Gasteiger partial charge is 0.490 e. The molecule has 1 aromatic heterocycles. The SMILES string of the molecule is CCCCC1N(C)C(=O)OC12CCN(C1CCN(C(=O)c3ccc[nH]3)CC1)CC2.O=C(O)C(F)(F)F. The fourth-order valence-electron chi connectivity index (χ4n) is 5.42. The number of aliphatic carboxylic acids is 1. The third kappa shape index (κ3) is 6.32. The molecule has 2 amide bonds. The van der Waals surface area contributed by atoms with Gasteiger partial charge in [-0.1, -0.05) is 19.8 Å². The Morgan fingerprint density at radius 2 is 1.81 bits per heavy atom. The molecule has 1 unspecified atom stereocenters. The molecule has 9 nitrogen and oxygen atoms in total. The number of likely N-dealkylation sites (tertiary alicyclic amines) is 2. The van der Waals surface area contributed by atoms with E-state index in [-0.39, 0.29) is 23.6 Å². The van der Waals surface area contributed by atoms with Crippen LogP contribution in [-0.4, -0.2) is 99.8 Å². The molecule has 0 saturated carbocycles. The summed E-state index contributed by atoms with van der Waals surface area (Å²) in [5.74, 6) is -2.65. The second-order valence-corrected chi connectivity index (χ2v) is 9.65. The van der Waals surface area contributed by atoms with Gasteiger partial charge in [0.15, 0.2) is 0 Å². The minimum absolute atomic E-state index is 0.103. The van der Waals surface area contributed by atoms with Crippen molar-refractivity contribution in [1.29, 1.82) is 0 Å². The number of carboxylic acid groups (broad SMARTS) is 1. The van der Waals surface area contributed by atoms with Gasteiger partial charge in [0.1, 0.15) is 11.3 Å². The molecule has 0 aliphatic carbocycles. The van der Waals surface area contributed by atoms with Gasteiger partial charge in [-0.3, -0.25) is 9.69 Å². The number of aromatic amines is 1. The first-order valence-electron chi connectivity index (χ1n) is 12.4. The number of hydrogen-bond acceptors (Lipinski definition) is 5. The highest BCUT2D eigenvalue weighted by Crippen LogP contribution is 2.41. The number of H-pyrrole nitrogens is 1. The van der Waals surface area contributed by atoms with Gasteiger partial charge in [-0.05, 0) is 31.4 Å². The van der Waals surface area contributed by atoms with Gasteiger partial charge < -0.3 is 24.6 Å². The number of hydrogen-bond donors (Lipinski definition) is 2. The Bertz CT molecular complexity index is 892. The molecule has 1 aromatic rings. The molecular weight excluding hydrogens is 481 g/mol. The van der Waals surface area contributed by atoms with Gasteiger partial charge in [-0.2, -0.15) is 13.2 Å². The van der Waals surface area contributed by atoms with Crippen LogP contribution in [0.4, 0.5) is 18.0 Å². The van der Waals surface area contributed by atoms with Gasteiger partial charge in [0.25, 0.3) is 5.91 Å². The number of piperidine rings is 2. The summed E-state index contributed by atoms with van der Waals surface area (Å²) in [5.41, 5.74) is 0.371. The van der Waals surface area contributed by atoms with Crippen LogP contribution in [0, 0.1) is 0 Å². The number of nitrogens with one attached hydrogen (secondary N) is 1. The lowest BCUT2D eigenvalue weighted by molar-refractivity contribution is -0.192. The summed E-state index contributed by atoms with van der Waals surface area (Å²) in [6.45, 7) is 5.75. The van der Waals surface area contributed by atoms with E-state index in [4.69, 9.17) is 14.6 Å². The number of rotatable bonds is 5. The number of aromatic nitrogens is 1. The molecule has 4 rings (SSSR count). The highest BCUT2D eigenvalue weighted by atomic mass is 19.4. The van der Waals surface area contributed by atoms with Gasteiger partial charge >= 0.3 is 18.2 Å². The number of unbranched alkanes of at least 4 members (excludes halogenated alkanes) is 1. The molecule has 1 spiro atoms. The maximum absolute atomic E-state index is 12.5. The maximum atomic E-state index is 12.5. The van der Waals surface area contributed by atoms with Crippen LogP contribution in [0.15, 0.2) is 18.3 Å². The Labute approximate surface area is 208 Å². The summed E-state index contributed by atoms with van der Waals surface area (Å²) in [7, 11) is 1.89. The predicted molar refractivity (Wildman–Crippen MR) is 125 cm³/mol. The van der Waals surface area contributed by atoms with E-state index in [9.17, 15) is 22.8 Å². The monoisotopic (exact) mass is 516 g/mol. The van der Waals surface area contributed by atoms with Crippen molar-refractivity contribution in [1.82, 2.24) is 19.7 Å². The van der Waals surface area contributed by atoms with Crippen LogP contribution in [0.25, 0.3) is 0 Å². The lowest BCUT2D eigenvalue weighted by Gasteiger charge is -2.45. The zero-order chi connectivity index (χ0) is 26.5. The third-order valence-electron chi connectivity index (χ3n) is 7.47. The number of carboxylic acids is 1. The highest BCUT2D eigenvalue weighted by Gasteiger charge is 2.53. The molecular formula is C24H35F3N4O5. The maximum Gasteiger partial charge on any atom is 0.490 e. The van der Waals surface area contributed by atoms with Crippen LogP contribution in [-0.2, 0) is 9.53 Å². The lowest BCUT2D eigenvalue weighted by Crippen LogP contribution is -2.55. The van der Waals surface area contributed by atoms with E-state index in [0.717, 1.165) is 71.1 Å². The van der Waals surface area contributed by atoms with Crippen LogP contribution < -0.4 is 0 Å². The van der Waals surface area contributed by atoms with E-state index in [1.54, 1.807) is 6.20 Å². The Morgan fingerprint density at radius 3 is 2.31 bits per heavy atom. The van der Waals surface area contributed by atoms with Crippen molar-refractivity contribution in [3.8, 4) is 0 Å². The third-order valence-corrected chi connectivity index (χ3v) is 7.47. The molecule has 3 fully saturated rings. The number of carbonyl (C=O) groups is 3. The Kier molecular flexibility index (Phi) is 8.91.